The Balaban J connectivity index is 4.56. The second-order valence-corrected chi connectivity index (χ2v) is 3.89. The van der Waals surface area contributed by atoms with Crippen LogP contribution >= 0.6 is 0 Å². The van der Waals surface area contributed by atoms with Crippen LogP contribution in [0.25, 0.3) is 0 Å². The largest absolute Gasteiger partial charge is 0.376 e. The molecule has 0 rings (SSSR count). The monoisotopic (exact) mass is 173 g/mol. The molecule has 0 atom stereocenters. The fourth-order valence-corrected chi connectivity index (χ4v) is 1.25. The van der Waals surface area contributed by atoms with Crippen LogP contribution < -0.4 is 0 Å². The highest BCUT2D eigenvalue weighted by Gasteiger charge is 2.33. The lowest BCUT2D eigenvalue weighted by Gasteiger charge is -2.41. The molecule has 0 spiro atoms. The zero-order valence-corrected chi connectivity index (χ0v) is 8.33. The predicted octanol–water partition coefficient (Wildman–Crippen LogP) is 0.931. The molecule has 12 heavy (non-hydrogen) atoms. The number of rotatable bonds is 4. The van der Waals surface area contributed by atoms with Crippen LogP contribution in [0.5, 0.6) is 0 Å². The first kappa shape index (κ1) is 11.6. The highest BCUT2D eigenvalue weighted by Crippen LogP contribution is 2.20. The van der Waals surface area contributed by atoms with Gasteiger partial charge in [0.25, 0.3) is 0 Å². The van der Waals surface area contributed by atoms with Gasteiger partial charge < -0.3 is 10.2 Å². The molecule has 0 saturated heterocycles. The Morgan fingerprint density at radius 1 is 1.17 bits per heavy atom. The topological polar surface area (TPSA) is 43.7 Å². The minimum absolute atomic E-state index is 0.451. The minimum atomic E-state index is -1.04. The third-order valence-electron chi connectivity index (χ3n) is 1.63. The fraction of sp³-hybridized carbons (Fsp3) is 0.778. The molecule has 0 fully saturated rings. The Morgan fingerprint density at radius 3 is 1.58 bits per heavy atom. The van der Waals surface area contributed by atoms with Crippen LogP contribution in [0, 0.1) is 0 Å². The van der Waals surface area contributed by atoms with E-state index in [1.165, 1.54) is 0 Å². The average Bonchev–Trinajstić information content (AvgIpc) is 1.77. The molecule has 0 bridgehead atoms. The first-order valence-electron chi connectivity index (χ1n) is 4.03. The van der Waals surface area contributed by atoms with E-state index < -0.39 is 11.4 Å². The van der Waals surface area contributed by atoms with Crippen molar-refractivity contribution in [1.82, 2.24) is 4.90 Å². The molecule has 0 aromatic heterocycles. The highest BCUT2D eigenvalue weighted by atomic mass is 16.3. The Hall–Kier alpha value is -0.380. The molecule has 0 radical (unpaired) electrons. The lowest BCUT2D eigenvalue weighted by molar-refractivity contribution is -0.194. The lowest BCUT2D eigenvalue weighted by atomic mass is 10.1. The van der Waals surface area contributed by atoms with Crippen LogP contribution in [0.3, 0.4) is 0 Å². The molecular weight excluding hydrogens is 154 g/mol. The van der Waals surface area contributed by atoms with Crippen molar-refractivity contribution in [2.24, 2.45) is 0 Å². The highest BCUT2D eigenvalue weighted by molar-refractivity contribution is 4.84. The molecule has 0 amide bonds. The van der Waals surface area contributed by atoms with Gasteiger partial charge in [-0.2, -0.15) is 0 Å². The molecule has 72 valence electrons. The van der Waals surface area contributed by atoms with E-state index in [-0.39, 0.29) is 0 Å². The van der Waals surface area contributed by atoms with Gasteiger partial charge in [-0.1, -0.05) is 6.08 Å². The van der Waals surface area contributed by atoms with Gasteiger partial charge in [0.2, 0.25) is 0 Å². The summed E-state index contributed by atoms with van der Waals surface area (Å²) in [5, 5.41) is 19.3. The third kappa shape index (κ3) is 3.34. The SMILES string of the molecule is C=CCN(C(C)(C)O)C(C)(C)O. The van der Waals surface area contributed by atoms with Crippen LogP contribution in [-0.4, -0.2) is 33.1 Å². The van der Waals surface area contributed by atoms with Gasteiger partial charge >= 0.3 is 0 Å². The van der Waals surface area contributed by atoms with E-state index in [1.54, 1.807) is 38.7 Å². The molecule has 0 aliphatic rings. The Labute approximate surface area is 74.3 Å². The van der Waals surface area contributed by atoms with Crippen molar-refractivity contribution in [1.29, 1.82) is 0 Å². The molecule has 3 heteroatoms. The maximum atomic E-state index is 9.66. The van der Waals surface area contributed by atoms with E-state index in [0.29, 0.717) is 6.54 Å². The molecule has 0 aliphatic heterocycles. The molecule has 0 heterocycles. The van der Waals surface area contributed by atoms with E-state index >= 15 is 0 Å². The second kappa shape index (κ2) is 3.56. The van der Waals surface area contributed by atoms with E-state index in [4.69, 9.17) is 0 Å². The summed E-state index contributed by atoms with van der Waals surface area (Å²) >= 11 is 0. The minimum Gasteiger partial charge on any atom is -0.376 e. The molecule has 3 nitrogen and oxygen atoms in total. The van der Waals surface area contributed by atoms with Gasteiger partial charge in [0, 0.05) is 6.54 Å². The van der Waals surface area contributed by atoms with Gasteiger partial charge in [-0.3, -0.25) is 0 Å². The summed E-state index contributed by atoms with van der Waals surface area (Å²) in [6.45, 7) is 10.5. The average molecular weight is 173 g/mol. The van der Waals surface area contributed by atoms with Gasteiger partial charge in [0.15, 0.2) is 0 Å². The molecule has 0 saturated carbocycles. The lowest BCUT2D eigenvalue weighted by Crippen LogP contribution is -2.55. The van der Waals surface area contributed by atoms with Crippen molar-refractivity contribution in [2.75, 3.05) is 6.54 Å². The smallest absolute Gasteiger partial charge is 0.115 e. The molecule has 0 aromatic carbocycles. The van der Waals surface area contributed by atoms with E-state index in [9.17, 15) is 10.2 Å². The van der Waals surface area contributed by atoms with Gasteiger partial charge in [0.1, 0.15) is 11.4 Å². The summed E-state index contributed by atoms with van der Waals surface area (Å²) in [6.07, 6.45) is 1.65. The van der Waals surface area contributed by atoms with E-state index in [0.717, 1.165) is 0 Å². The van der Waals surface area contributed by atoms with E-state index in [2.05, 4.69) is 6.58 Å². The van der Waals surface area contributed by atoms with E-state index in [1.807, 2.05) is 0 Å². The first-order valence-corrected chi connectivity index (χ1v) is 4.03. The van der Waals surface area contributed by atoms with Gasteiger partial charge in [-0.15, -0.1) is 6.58 Å². The van der Waals surface area contributed by atoms with Gasteiger partial charge in [-0.25, -0.2) is 4.90 Å². The standard InChI is InChI=1S/C9H19NO2/c1-6-7-10(8(2,3)11)9(4,5)12/h6,11-12H,1,7H2,2-5H3. The molecule has 2 N–H and O–H groups in total. The van der Waals surface area contributed by atoms with Crippen molar-refractivity contribution < 1.29 is 10.2 Å². The van der Waals surface area contributed by atoms with Gasteiger partial charge in [0.05, 0.1) is 0 Å². The number of aliphatic hydroxyl groups is 2. The molecule has 0 unspecified atom stereocenters. The van der Waals surface area contributed by atoms with Crippen LogP contribution in [0.4, 0.5) is 0 Å². The van der Waals surface area contributed by atoms with Crippen molar-refractivity contribution in [3.05, 3.63) is 12.7 Å². The summed E-state index contributed by atoms with van der Waals surface area (Å²) < 4.78 is 0. The van der Waals surface area contributed by atoms with Crippen LogP contribution in [0.2, 0.25) is 0 Å². The summed E-state index contributed by atoms with van der Waals surface area (Å²) in [6, 6.07) is 0. The second-order valence-electron chi connectivity index (χ2n) is 3.89. The zero-order valence-electron chi connectivity index (χ0n) is 8.33. The molecular formula is C9H19NO2. The quantitative estimate of drug-likeness (QED) is 0.491. The maximum Gasteiger partial charge on any atom is 0.115 e. The molecule has 0 aliphatic carbocycles. The summed E-state index contributed by atoms with van der Waals surface area (Å²) in [4.78, 5) is 1.55. The summed E-state index contributed by atoms with van der Waals surface area (Å²) in [5.41, 5.74) is -2.07. The number of nitrogens with zero attached hydrogens (tertiary/aromatic N) is 1. The normalized spacial score (nSPS) is 13.6. The van der Waals surface area contributed by atoms with Crippen LogP contribution in [-0.2, 0) is 0 Å². The van der Waals surface area contributed by atoms with Gasteiger partial charge in [-0.05, 0) is 27.7 Å². The van der Waals surface area contributed by atoms with Crippen molar-refractivity contribution in [3.8, 4) is 0 Å². The van der Waals surface area contributed by atoms with Crippen molar-refractivity contribution >= 4 is 0 Å². The fourth-order valence-electron chi connectivity index (χ4n) is 1.25. The number of hydrogen-bond donors (Lipinski definition) is 2. The predicted molar refractivity (Wildman–Crippen MR) is 49.5 cm³/mol. The van der Waals surface area contributed by atoms with Crippen molar-refractivity contribution in [3.63, 3.8) is 0 Å². The summed E-state index contributed by atoms with van der Waals surface area (Å²) in [5.74, 6) is 0. The van der Waals surface area contributed by atoms with Crippen LogP contribution in [0.1, 0.15) is 27.7 Å². The number of hydrogen-bond acceptors (Lipinski definition) is 3. The Morgan fingerprint density at radius 2 is 1.50 bits per heavy atom. The van der Waals surface area contributed by atoms with Crippen LogP contribution in [0.15, 0.2) is 12.7 Å². The molecule has 0 aromatic rings. The maximum absolute atomic E-state index is 9.66. The Bertz CT molecular complexity index is 139. The summed E-state index contributed by atoms with van der Waals surface area (Å²) in [7, 11) is 0. The zero-order chi connectivity index (χ0) is 9.99. The Kier molecular flexibility index (Phi) is 3.45. The first-order chi connectivity index (χ1) is 5.19. The third-order valence-corrected chi connectivity index (χ3v) is 1.63. The van der Waals surface area contributed by atoms with Crippen molar-refractivity contribution in [2.45, 2.75) is 39.1 Å².